The number of carbonyl (C=O) groups excluding carboxylic acids is 2. The molecule has 33 heavy (non-hydrogen) atoms. The SMILES string of the molecule is CCOc1cc(/C=C2/N=C(c3cccc(Br)c3)OC2=O)ccc1OC(=O)c1ccc(F)cc1. The van der Waals surface area contributed by atoms with E-state index in [4.69, 9.17) is 14.2 Å². The molecule has 0 saturated heterocycles. The summed E-state index contributed by atoms with van der Waals surface area (Å²) >= 11 is 3.38. The third-order valence-electron chi connectivity index (χ3n) is 4.55. The van der Waals surface area contributed by atoms with Gasteiger partial charge in [-0.3, -0.25) is 0 Å². The molecular formula is C25H17BrFNO5. The number of benzene rings is 3. The van der Waals surface area contributed by atoms with Gasteiger partial charge < -0.3 is 14.2 Å². The molecular weight excluding hydrogens is 493 g/mol. The second-order valence-electron chi connectivity index (χ2n) is 6.88. The van der Waals surface area contributed by atoms with Crippen molar-refractivity contribution in [2.75, 3.05) is 6.61 Å². The van der Waals surface area contributed by atoms with Crippen LogP contribution in [0.2, 0.25) is 0 Å². The quantitative estimate of drug-likeness (QED) is 0.247. The number of nitrogens with zero attached hydrogens (tertiary/aromatic N) is 1. The maximum absolute atomic E-state index is 13.1. The van der Waals surface area contributed by atoms with Gasteiger partial charge in [-0.1, -0.05) is 28.1 Å². The average Bonchev–Trinajstić information content (AvgIpc) is 3.16. The summed E-state index contributed by atoms with van der Waals surface area (Å²) in [6.07, 6.45) is 1.56. The zero-order valence-electron chi connectivity index (χ0n) is 17.4. The Kier molecular flexibility index (Phi) is 6.65. The largest absolute Gasteiger partial charge is 0.490 e. The van der Waals surface area contributed by atoms with Crippen LogP contribution in [0.15, 0.2) is 81.9 Å². The van der Waals surface area contributed by atoms with E-state index in [2.05, 4.69) is 20.9 Å². The van der Waals surface area contributed by atoms with E-state index in [-0.39, 0.29) is 22.9 Å². The maximum atomic E-state index is 13.1. The molecule has 0 aliphatic carbocycles. The Labute approximate surface area is 197 Å². The minimum absolute atomic E-state index is 0.128. The molecule has 3 aromatic rings. The number of ether oxygens (including phenoxy) is 3. The van der Waals surface area contributed by atoms with Gasteiger partial charge in [0.25, 0.3) is 0 Å². The van der Waals surface area contributed by atoms with Gasteiger partial charge in [-0.15, -0.1) is 0 Å². The third-order valence-corrected chi connectivity index (χ3v) is 5.04. The van der Waals surface area contributed by atoms with Crippen LogP contribution in [0.1, 0.15) is 28.4 Å². The van der Waals surface area contributed by atoms with Crippen molar-refractivity contribution in [3.05, 3.63) is 99.4 Å². The maximum Gasteiger partial charge on any atom is 0.363 e. The Hall–Kier alpha value is -3.78. The first-order chi connectivity index (χ1) is 15.9. The minimum Gasteiger partial charge on any atom is -0.490 e. The molecule has 0 saturated carbocycles. The normalized spacial score (nSPS) is 14.1. The van der Waals surface area contributed by atoms with Gasteiger partial charge in [0.1, 0.15) is 5.82 Å². The third kappa shape index (κ3) is 5.35. The zero-order chi connectivity index (χ0) is 23.4. The fraction of sp³-hybridized carbons (Fsp3) is 0.0800. The summed E-state index contributed by atoms with van der Waals surface area (Å²) in [6.45, 7) is 2.12. The molecule has 0 bridgehead atoms. The van der Waals surface area contributed by atoms with Crippen molar-refractivity contribution in [3.8, 4) is 11.5 Å². The van der Waals surface area contributed by atoms with Gasteiger partial charge in [0.15, 0.2) is 17.2 Å². The topological polar surface area (TPSA) is 74.2 Å². The summed E-state index contributed by atoms with van der Waals surface area (Å²) in [5, 5.41) is 0. The van der Waals surface area contributed by atoms with Crippen molar-refractivity contribution < 1.29 is 28.2 Å². The van der Waals surface area contributed by atoms with Gasteiger partial charge >= 0.3 is 11.9 Å². The molecule has 0 spiro atoms. The van der Waals surface area contributed by atoms with Crippen molar-refractivity contribution in [2.45, 2.75) is 6.92 Å². The molecule has 3 aromatic carbocycles. The van der Waals surface area contributed by atoms with Crippen LogP contribution < -0.4 is 9.47 Å². The van der Waals surface area contributed by atoms with Gasteiger partial charge in [-0.05, 0) is 73.2 Å². The molecule has 0 unspecified atom stereocenters. The number of hydrogen-bond acceptors (Lipinski definition) is 6. The predicted molar refractivity (Wildman–Crippen MR) is 124 cm³/mol. The summed E-state index contributed by atoms with van der Waals surface area (Å²) in [7, 11) is 0. The summed E-state index contributed by atoms with van der Waals surface area (Å²) in [4.78, 5) is 29.0. The lowest BCUT2D eigenvalue weighted by Crippen LogP contribution is -2.09. The van der Waals surface area contributed by atoms with Crippen LogP contribution in [0.5, 0.6) is 11.5 Å². The first-order valence-corrected chi connectivity index (χ1v) is 10.8. The van der Waals surface area contributed by atoms with E-state index < -0.39 is 17.8 Å². The number of hydrogen-bond donors (Lipinski definition) is 0. The second-order valence-corrected chi connectivity index (χ2v) is 7.80. The van der Waals surface area contributed by atoms with Gasteiger partial charge in [-0.25, -0.2) is 19.0 Å². The Morgan fingerprint density at radius 1 is 1.09 bits per heavy atom. The molecule has 8 heteroatoms. The first kappa shape index (κ1) is 22.4. The Morgan fingerprint density at radius 3 is 2.61 bits per heavy atom. The fourth-order valence-electron chi connectivity index (χ4n) is 3.02. The van der Waals surface area contributed by atoms with Crippen LogP contribution in [0.3, 0.4) is 0 Å². The summed E-state index contributed by atoms with van der Waals surface area (Å²) in [5.41, 5.74) is 1.60. The highest BCUT2D eigenvalue weighted by molar-refractivity contribution is 9.10. The number of rotatable bonds is 6. The standard InChI is InChI=1S/C25H17BrFNO5/c1-2-31-22-13-15(6-11-21(22)32-24(29)16-7-9-19(27)10-8-16)12-20-25(30)33-23(28-20)17-4-3-5-18(26)14-17/h3-14H,2H2,1H3/b20-12+. The van der Waals surface area contributed by atoms with E-state index >= 15 is 0 Å². The Balaban J connectivity index is 1.59. The Morgan fingerprint density at radius 2 is 1.88 bits per heavy atom. The van der Waals surface area contributed by atoms with Gasteiger partial charge in [0, 0.05) is 10.0 Å². The zero-order valence-corrected chi connectivity index (χ0v) is 19.0. The minimum atomic E-state index is -0.648. The monoisotopic (exact) mass is 509 g/mol. The lowest BCUT2D eigenvalue weighted by molar-refractivity contribution is -0.129. The highest BCUT2D eigenvalue weighted by atomic mass is 79.9. The van der Waals surface area contributed by atoms with E-state index in [1.165, 1.54) is 24.3 Å². The predicted octanol–water partition coefficient (Wildman–Crippen LogP) is 5.55. The molecule has 0 radical (unpaired) electrons. The molecule has 166 valence electrons. The van der Waals surface area contributed by atoms with E-state index in [0.717, 1.165) is 4.47 Å². The van der Waals surface area contributed by atoms with Crippen LogP contribution in [-0.4, -0.2) is 24.4 Å². The van der Waals surface area contributed by atoms with Crippen molar-refractivity contribution in [1.29, 1.82) is 0 Å². The van der Waals surface area contributed by atoms with Crippen LogP contribution in [0.25, 0.3) is 6.08 Å². The summed E-state index contributed by atoms with van der Waals surface area (Å²) in [5.74, 6) is -0.956. The lowest BCUT2D eigenvalue weighted by Gasteiger charge is -2.11. The van der Waals surface area contributed by atoms with Crippen LogP contribution >= 0.6 is 15.9 Å². The van der Waals surface area contributed by atoms with E-state index in [1.54, 1.807) is 43.3 Å². The molecule has 0 fully saturated rings. The molecule has 0 amide bonds. The van der Waals surface area contributed by atoms with E-state index in [1.807, 2.05) is 12.1 Å². The highest BCUT2D eigenvalue weighted by Gasteiger charge is 2.24. The van der Waals surface area contributed by atoms with E-state index in [9.17, 15) is 14.0 Å². The van der Waals surface area contributed by atoms with Crippen molar-refractivity contribution >= 4 is 39.8 Å². The van der Waals surface area contributed by atoms with E-state index in [0.29, 0.717) is 23.5 Å². The summed E-state index contributed by atoms with van der Waals surface area (Å²) < 4.78 is 30.3. The lowest BCUT2D eigenvalue weighted by atomic mass is 10.1. The molecule has 1 heterocycles. The molecule has 0 N–H and O–H groups in total. The second kappa shape index (κ2) is 9.79. The molecule has 0 atom stereocenters. The van der Waals surface area contributed by atoms with Crippen LogP contribution in [0, 0.1) is 5.82 Å². The van der Waals surface area contributed by atoms with Crippen LogP contribution in [0.4, 0.5) is 4.39 Å². The van der Waals surface area contributed by atoms with Gasteiger partial charge in [0.2, 0.25) is 5.90 Å². The van der Waals surface area contributed by atoms with Crippen molar-refractivity contribution in [3.63, 3.8) is 0 Å². The number of carbonyl (C=O) groups is 2. The number of cyclic esters (lactones) is 1. The van der Waals surface area contributed by atoms with Gasteiger partial charge in [-0.2, -0.15) is 0 Å². The molecule has 1 aliphatic heterocycles. The first-order valence-electron chi connectivity index (χ1n) is 9.96. The van der Waals surface area contributed by atoms with Crippen molar-refractivity contribution in [2.24, 2.45) is 4.99 Å². The highest BCUT2D eigenvalue weighted by Crippen LogP contribution is 2.31. The molecule has 1 aliphatic rings. The number of aliphatic imine (C=N–C) groups is 1. The summed E-state index contributed by atoms with van der Waals surface area (Å²) in [6, 6.07) is 17.1. The number of esters is 2. The molecule has 6 nitrogen and oxygen atoms in total. The Bertz CT molecular complexity index is 1280. The van der Waals surface area contributed by atoms with Gasteiger partial charge in [0.05, 0.1) is 12.2 Å². The van der Waals surface area contributed by atoms with Crippen molar-refractivity contribution in [1.82, 2.24) is 0 Å². The average molecular weight is 510 g/mol. The number of halogens is 2. The fourth-order valence-corrected chi connectivity index (χ4v) is 3.42. The van der Waals surface area contributed by atoms with Crippen LogP contribution in [-0.2, 0) is 9.53 Å². The molecule has 0 aromatic heterocycles. The molecule has 4 rings (SSSR count). The smallest absolute Gasteiger partial charge is 0.363 e.